The van der Waals surface area contributed by atoms with Crippen molar-refractivity contribution in [3.05, 3.63) is 52.0 Å². The van der Waals surface area contributed by atoms with Gasteiger partial charge >= 0.3 is 0 Å². The van der Waals surface area contributed by atoms with E-state index in [0.717, 1.165) is 10.5 Å². The summed E-state index contributed by atoms with van der Waals surface area (Å²) >= 11 is 11.8. The number of halogens is 2. The minimum Gasteiger partial charge on any atom is -0.493 e. The highest BCUT2D eigenvalue weighted by molar-refractivity contribution is 6.42. The molecule has 0 fully saturated rings. The molecule has 1 unspecified atom stereocenters. The molecule has 2 N–H and O–H groups in total. The summed E-state index contributed by atoms with van der Waals surface area (Å²) in [7, 11) is 5.15. The van der Waals surface area contributed by atoms with Crippen LogP contribution in [0.3, 0.4) is 0 Å². The molecule has 0 heterocycles. The molecule has 0 saturated carbocycles. The molecule has 1 atom stereocenters. The highest BCUT2D eigenvalue weighted by atomic mass is 35.5. The predicted octanol–water partition coefficient (Wildman–Crippen LogP) is 2.66. The van der Waals surface area contributed by atoms with E-state index in [-0.39, 0.29) is 5.91 Å². The number of quaternary nitrogens is 1. The Morgan fingerprint density at radius 2 is 1.76 bits per heavy atom. The molecule has 134 valence electrons. The first-order valence-electron chi connectivity index (χ1n) is 7.70. The number of ether oxygens (including phenoxy) is 2. The lowest BCUT2D eigenvalue weighted by atomic mass is 10.2. The highest BCUT2D eigenvalue weighted by Crippen LogP contribution is 2.27. The van der Waals surface area contributed by atoms with E-state index in [0.29, 0.717) is 40.3 Å². The molecule has 7 heteroatoms. The van der Waals surface area contributed by atoms with Gasteiger partial charge in [0.25, 0.3) is 5.91 Å². The van der Waals surface area contributed by atoms with Gasteiger partial charge in [-0.1, -0.05) is 23.2 Å². The standard InChI is InChI=1S/C18H20Cl2N2O3/c1-22(10-12-4-7-16(24-2)17(8-12)25-3)11-18(23)21-13-5-6-14(19)15(20)9-13/h4-9H,10-11H2,1-3H3,(H,21,23)/p+1. The third kappa shape index (κ3) is 5.53. The van der Waals surface area contributed by atoms with Gasteiger partial charge in [0.1, 0.15) is 6.54 Å². The van der Waals surface area contributed by atoms with Crippen molar-refractivity contribution in [3.8, 4) is 11.5 Å². The second-order valence-electron chi connectivity index (χ2n) is 5.68. The van der Waals surface area contributed by atoms with Crippen molar-refractivity contribution in [2.24, 2.45) is 0 Å². The zero-order chi connectivity index (χ0) is 18.4. The second-order valence-corrected chi connectivity index (χ2v) is 6.49. The summed E-state index contributed by atoms with van der Waals surface area (Å²) in [5.41, 5.74) is 1.68. The Morgan fingerprint density at radius 1 is 1.04 bits per heavy atom. The first-order chi connectivity index (χ1) is 11.9. The number of rotatable bonds is 7. The van der Waals surface area contributed by atoms with E-state index in [1.54, 1.807) is 32.4 Å². The summed E-state index contributed by atoms with van der Waals surface area (Å²) < 4.78 is 10.5. The predicted molar refractivity (Wildman–Crippen MR) is 100 cm³/mol. The Kier molecular flexibility index (Phi) is 6.93. The van der Waals surface area contributed by atoms with E-state index in [1.807, 2.05) is 25.2 Å². The van der Waals surface area contributed by atoms with Crippen molar-refractivity contribution in [1.29, 1.82) is 0 Å². The molecule has 0 aromatic heterocycles. The number of carbonyl (C=O) groups excluding carboxylic acids is 1. The summed E-state index contributed by atoms with van der Waals surface area (Å²) in [6.07, 6.45) is 0. The molecule has 0 aliphatic carbocycles. The number of likely N-dealkylation sites (N-methyl/N-ethyl adjacent to an activating group) is 1. The van der Waals surface area contributed by atoms with Crippen LogP contribution in [0.5, 0.6) is 11.5 Å². The number of nitrogens with one attached hydrogen (secondary N) is 2. The number of amides is 1. The minimum atomic E-state index is -0.101. The van der Waals surface area contributed by atoms with Crippen LogP contribution < -0.4 is 19.7 Å². The zero-order valence-electron chi connectivity index (χ0n) is 14.4. The molecule has 0 spiro atoms. The summed E-state index contributed by atoms with van der Waals surface area (Å²) in [4.78, 5) is 13.2. The van der Waals surface area contributed by atoms with Gasteiger partial charge in [-0.15, -0.1) is 0 Å². The third-order valence-electron chi connectivity index (χ3n) is 3.62. The number of carbonyl (C=O) groups is 1. The number of anilines is 1. The van der Waals surface area contributed by atoms with Gasteiger partial charge in [-0.25, -0.2) is 0 Å². The van der Waals surface area contributed by atoms with Gasteiger partial charge in [0.2, 0.25) is 0 Å². The summed E-state index contributed by atoms with van der Waals surface area (Å²) in [6, 6.07) is 10.7. The van der Waals surface area contributed by atoms with Gasteiger partial charge < -0.3 is 19.7 Å². The number of benzene rings is 2. The quantitative estimate of drug-likeness (QED) is 0.772. The Hall–Kier alpha value is -1.95. The van der Waals surface area contributed by atoms with Crippen LogP contribution in [0.15, 0.2) is 36.4 Å². The van der Waals surface area contributed by atoms with Gasteiger partial charge in [0.05, 0.1) is 31.3 Å². The minimum absolute atomic E-state index is 0.101. The molecule has 2 rings (SSSR count). The van der Waals surface area contributed by atoms with Crippen LogP contribution >= 0.6 is 23.2 Å². The molecule has 1 amide bonds. The van der Waals surface area contributed by atoms with Gasteiger partial charge in [-0.2, -0.15) is 0 Å². The van der Waals surface area contributed by atoms with Crippen LogP contribution in [-0.2, 0) is 11.3 Å². The van der Waals surface area contributed by atoms with Crippen LogP contribution in [0.4, 0.5) is 5.69 Å². The molecule has 0 bridgehead atoms. The van der Waals surface area contributed by atoms with E-state index in [9.17, 15) is 4.79 Å². The van der Waals surface area contributed by atoms with Crippen molar-refractivity contribution in [2.75, 3.05) is 33.1 Å². The van der Waals surface area contributed by atoms with Crippen LogP contribution in [0, 0.1) is 0 Å². The second kappa shape index (κ2) is 8.94. The number of hydrogen-bond acceptors (Lipinski definition) is 3. The molecule has 25 heavy (non-hydrogen) atoms. The van der Waals surface area contributed by atoms with Gasteiger partial charge in [0.15, 0.2) is 18.0 Å². The first-order valence-corrected chi connectivity index (χ1v) is 8.45. The largest absolute Gasteiger partial charge is 0.493 e. The SMILES string of the molecule is COc1ccc(C[NH+](C)CC(=O)Nc2ccc(Cl)c(Cl)c2)cc1OC. The van der Waals surface area contributed by atoms with Crippen molar-refractivity contribution in [3.63, 3.8) is 0 Å². The molecular formula is C18H21Cl2N2O3+. The average molecular weight is 384 g/mol. The monoisotopic (exact) mass is 383 g/mol. The van der Waals surface area contributed by atoms with Crippen molar-refractivity contribution in [2.45, 2.75) is 6.54 Å². The van der Waals surface area contributed by atoms with E-state index in [2.05, 4.69) is 5.32 Å². The van der Waals surface area contributed by atoms with Crippen LogP contribution in [0.1, 0.15) is 5.56 Å². The fourth-order valence-electron chi connectivity index (χ4n) is 2.45. The lowest BCUT2D eigenvalue weighted by molar-refractivity contribution is -0.885. The Bertz CT molecular complexity index is 753. The average Bonchev–Trinajstić information content (AvgIpc) is 2.57. The Balaban J connectivity index is 1.94. The van der Waals surface area contributed by atoms with Crippen molar-refractivity contribution in [1.82, 2.24) is 0 Å². The number of hydrogen-bond donors (Lipinski definition) is 2. The molecule has 5 nitrogen and oxygen atoms in total. The Labute approximate surface area is 157 Å². The van der Waals surface area contributed by atoms with Gasteiger partial charge in [0, 0.05) is 11.3 Å². The van der Waals surface area contributed by atoms with Crippen LogP contribution in [-0.4, -0.2) is 33.7 Å². The van der Waals surface area contributed by atoms with E-state index in [4.69, 9.17) is 32.7 Å². The smallest absolute Gasteiger partial charge is 0.279 e. The summed E-state index contributed by atoms with van der Waals surface area (Å²) in [5.74, 6) is 1.26. The van der Waals surface area contributed by atoms with E-state index in [1.165, 1.54) is 0 Å². The maximum atomic E-state index is 12.2. The highest BCUT2D eigenvalue weighted by Gasteiger charge is 2.13. The normalized spacial score (nSPS) is 11.7. The first kappa shape index (κ1) is 19.4. The molecule has 0 radical (unpaired) electrons. The molecular weight excluding hydrogens is 363 g/mol. The maximum Gasteiger partial charge on any atom is 0.279 e. The van der Waals surface area contributed by atoms with Crippen LogP contribution in [0.2, 0.25) is 10.0 Å². The molecule has 2 aromatic rings. The van der Waals surface area contributed by atoms with Crippen molar-refractivity contribution >= 4 is 34.8 Å². The molecule has 2 aromatic carbocycles. The van der Waals surface area contributed by atoms with Gasteiger partial charge in [-0.05, 0) is 36.4 Å². The number of methoxy groups -OCH3 is 2. The molecule has 0 aliphatic rings. The molecule has 0 aliphatic heterocycles. The van der Waals surface area contributed by atoms with E-state index >= 15 is 0 Å². The lowest BCUT2D eigenvalue weighted by Gasteiger charge is -2.15. The fourth-order valence-corrected chi connectivity index (χ4v) is 2.75. The summed E-state index contributed by atoms with van der Waals surface area (Å²) in [6.45, 7) is 0.990. The van der Waals surface area contributed by atoms with Crippen molar-refractivity contribution < 1.29 is 19.2 Å². The maximum absolute atomic E-state index is 12.2. The topological polar surface area (TPSA) is 52.0 Å². The molecule has 0 saturated heterocycles. The van der Waals surface area contributed by atoms with Crippen LogP contribution in [0.25, 0.3) is 0 Å². The Morgan fingerprint density at radius 3 is 2.40 bits per heavy atom. The van der Waals surface area contributed by atoms with E-state index < -0.39 is 0 Å². The fraction of sp³-hybridized carbons (Fsp3) is 0.278. The zero-order valence-corrected chi connectivity index (χ0v) is 15.9. The third-order valence-corrected chi connectivity index (χ3v) is 4.36. The lowest BCUT2D eigenvalue weighted by Crippen LogP contribution is -3.08. The van der Waals surface area contributed by atoms with Gasteiger partial charge in [-0.3, -0.25) is 4.79 Å². The summed E-state index contributed by atoms with van der Waals surface area (Å²) in [5, 5.41) is 3.68.